The Bertz CT molecular complexity index is 722. The van der Waals surface area contributed by atoms with Gasteiger partial charge in [-0.15, -0.1) is 0 Å². The van der Waals surface area contributed by atoms with E-state index in [1.54, 1.807) is 36.4 Å². The van der Waals surface area contributed by atoms with Crippen molar-refractivity contribution in [3.05, 3.63) is 52.5 Å². The molecule has 0 aliphatic rings. The molecular formula is C16H15ClN2O4. The molecule has 0 aromatic heterocycles. The molecule has 0 bridgehead atoms. The van der Waals surface area contributed by atoms with E-state index in [4.69, 9.17) is 21.1 Å². The van der Waals surface area contributed by atoms with Gasteiger partial charge in [0.05, 0.1) is 31.0 Å². The Morgan fingerprint density at radius 2 is 1.83 bits per heavy atom. The number of phenolic OH excluding ortho intramolecular Hbond substituents is 1. The van der Waals surface area contributed by atoms with E-state index in [-0.39, 0.29) is 17.2 Å². The molecule has 23 heavy (non-hydrogen) atoms. The number of amides is 1. The maximum absolute atomic E-state index is 12.0. The van der Waals surface area contributed by atoms with Crippen LogP contribution in [0.5, 0.6) is 17.2 Å². The lowest BCUT2D eigenvalue weighted by atomic mass is 10.2. The molecule has 1 amide bonds. The Kier molecular flexibility index (Phi) is 5.43. The first-order valence-electron chi connectivity index (χ1n) is 6.59. The zero-order valence-electron chi connectivity index (χ0n) is 12.5. The number of ether oxygens (including phenoxy) is 2. The number of rotatable bonds is 5. The topological polar surface area (TPSA) is 80.2 Å². The number of carbonyl (C=O) groups is 1. The van der Waals surface area contributed by atoms with Gasteiger partial charge in [0.1, 0.15) is 0 Å². The minimum absolute atomic E-state index is 0.104. The van der Waals surface area contributed by atoms with Crippen LogP contribution in [0.15, 0.2) is 41.5 Å². The van der Waals surface area contributed by atoms with Crippen molar-refractivity contribution in [2.45, 2.75) is 0 Å². The predicted molar refractivity (Wildman–Crippen MR) is 87.7 cm³/mol. The molecule has 0 unspecified atom stereocenters. The lowest BCUT2D eigenvalue weighted by Gasteiger charge is -2.09. The SMILES string of the molecule is COc1cc(/C=N/NC(=O)c2ccccc2Cl)cc(OC)c1O. The summed E-state index contributed by atoms with van der Waals surface area (Å²) < 4.78 is 10.1. The smallest absolute Gasteiger partial charge is 0.272 e. The van der Waals surface area contributed by atoms with Gasteiger partial charge in [0.15, 0.2) is 11.5 Å². The highest BCUT2D eigenvalue weighted by Gasteiger charge is 2.11. The first kappa shape index (κ1) is 16.6. The maximum atomic E-state index is 12.0. The number of methoxy groups -OCH3 is 2. The van der Waals surface area contributed by atoms with Crippen molar-refractivity contribution < 1.29 is 19.4 Å². The highest BCUT2D eigenvalue weighted by atomic mass is 35.5. The van der Waals surface area contributed by atoms with Gasteiger partial charge in [-0.3, -0.25) is 4.79 Å². The Balaban J connectivity index is 2.15. The van der Waals surface area contributed by atoms with Crippen LogP contribution in [0.25, 0.3) is 0 Å². The molecule has 2 N–H and O–H groups in total. The molecule has 2 aromatic rings. The summed E-state index contributed by atoms with van der Waals surface area (Å²) in [6.07, 6.45) is 1.40. The fourth-order valence-electron chi connectivity index (χ4n) is 1.86. The zero-order chi connectivity index (χ0) is 16.8. The summed E-state index contributed by atoms with van der Waals surface area (Å²) >= 11 is 5.94. The number of phenols is 1. The minimum Gasteiger partial charge on any atom is -0.502 e. The fraction of sp³-hybridized carbons (Fsp3) is 0.125. The van der Waals surface area contributed by atoms with Crippen LogP contribution in [-0.4, -0.2) is 31.4 Å². The van der Waals surface area contributed by atoms with Gasteiger partial charge in [0.2, 0.25) is 5.75 Å². The molecule has 0 saturated heterocycles. The molecule has 0 spiro atoms. The van der Waals surface area contributed by atoms with Crippen LogP contribution < -0.4 is 14.9 Å². The zero-order valence-corrected chi connectivity index (χ0v) is 13.3. The molecule has 0 atom stereocenters. The van der Waals surface area contributed by atoms with Gasteiger partial charge in [0, 0.05) is 5.56 Å². The molecule has 0 saturated carbocycles. The second kappa shape index (κ2) is 7.51. The van der Waals surface area contributed by atoms with E-state index >= 15 is 0 Å². The van der Waals surface area contributed by atoms with Crippen LogP contribution in [0.1, 0.15) is 15.9 Å². The van der Waals surface area contributed by atoms with Gasteiger partial charge in [-0.05, 0) is 24.3 Å². The molecule has 2 aromatic carbocycles. The predicted octanol–water partition coefficient (Wildman–Crippen LogP) is 2.83. The van der Waals surface area contributed by atoms with Crippen molar-refractivity contribution >= 4 is 23.7 Å². The first-order chi connectivity index (χ1) is 11.1. The quantitative estimate of drug-likeness (QED) is 0.651. The molecule has 2 rings (SSSR count). The van der Waals surface area contributed by atoms with Crippen LogP contribution in [0.4, 0.5) is 0 Å². The number of nitrogens with zero attached hydrogens (tertiary/aromatic N) is 1. The van der Waals surface area contributed by atoms with Crippen molar-refractivity contribution in [3.63, 3.8) is 0 Å². The van der Waals surface area contributed by atoms with Gasteiger partial charge in [0.25, 0.3) is 5.91 Å². The molecular weight excluding hydrogens is 320 g/mol. The highest BCUT2D eigenvalue weighted by molar-refractivity contribution is 6.33. The largest absolute Gasteiger partial charge is 0.502 e. The highest BCUT2D eigenvalue weighted by Crippen LogP contribution is 2.36. The van der Waals surface area contributed by atoms with Crippen LogP contribution >= 0.6 is 11.6 Å². The van der Waals surface area contributed by atoms with Crippen LogP contribution in [0, 0.1) is 0 Å². The lowest BCUT2D eigenvalue weighted by Crippen LogP contribution is -2.17. The third-order valence-corrected chi connectivity index (χ3v) is 3.33. The summed E-state index contributed by atoms with van der Waals surface area (Å²) in [6, 6.07) is 9.78. The summed E-state index contributed by atoms with van der Waals surface area (Å²) in [5, 5.41) is 14.0. The Morgan fingerprint density at radius 1 is 1.22 bits per heavy atom. The van der Waals surface area contributed by atoms with E-state index in [1.165, 1.54) is 20.4 Å². The maximum Gasteiger partial charge on any atom is 0.272 e. The summed E-state index contributed by atoms with van der Waals surface area (Å²) in [6.45, 7) is 0. The number of hydrogen-bond donors (Lipinski definition) is 2. The number of benzene rings is 2. The van der Waals surface area contributed by atoms with Crippen molar-refractivity contribution in [2.24, 2.45) is 5.10 Å². The Labute approximate surface area is 138 Å². The second-order valence-corrected chi connectivity index (χ2v) is 4.86. The Morgan fingerprint density at radius 3 is 2.39 bits per heavy atom. The summed E-state index contributed by atoms with van der Waals surface area (Å²) in [5.41, 5.74) is 3.29. The molecule has 0 aliphatic carbocycles. The number of aromatic hydroxyl groups is 1. The third kappa shape index (κ3) is 3.92. The number of hydrogen-bond acceptors (Lipinski definition) is 5. The molecule has 6 nitrogen and oxygen atoms in total. The summed E-state index contributed by atoms with van der Waals surface area (Å²) in [4.78, 5) is 12.0. The third-order valence-electron chi connectivity index (χ3n) is 3.00. The normalized spacial score (nSPS) is 10.6. The minimum atomic E-state index is -0.426. The number of hydrazone groups is 1. The van der Waals surface area contributed by atoms with Crippen LogP contribution in [-0.2, 0) is 0 Å². The lowest BCUT2D eigenvalue weighted by molar-refractivity contribution is 0.0955. The average Bonchev–Trinajstić information content (AvgIpc) is 2.56. The van der Waals surface area contributed by atoms with Gasteiger partial charge in [-0.2, -0.15) is 5.10 Å². The molecule has 0 aliphatic heterocycles. The molecule has 0 heterocycles. The van der Waals surface area contributed by atoms with E-state index in [2.05, 4.69) is 10.5 Å². The number of halogens is 1. The van der Waals surface area contributed by atoms with E-state index < -0.39 is 5.91 Å². The van der Waals surface area contributed by atoms with Gasteiger partial charge in [-0.1, -0.05) is 23.7 Å². The van der Waals surface area contributed by atoms with Crippen LogP contribution in [0.3, 0.4) is 0 Å². The fourth-order valence-corrected chi connectivity index (χ4v) is 2.08. The van der Waals surface area contributed by atoms with E-state index in [0.717, 1.165) is 0 Å². The van der Waals surface area contributed by atoms with Gasteiger partial charge < -0.3 is 14.6 Å². The second-order valence-electron chi connectivity index (χ2n) is 4.45. The van der Waals surface area contributed by atoms with Crippen molar-refractivity contribution in [2.75, 3.05) is 14.2 Å². The van der Waals surface area contributed by atoms with Gasteiger partial charge in [-0.25, -0.2) is 5.43 Å². The van der Waals surface area contributed by atoms with Crippen LogP contribution in [0.2, 0.25) is 5.02 Å². The average molecular weight is 335 g/mol. The van der Waals surface area contributed by atoms with E-state index in [0.29, 0.717) is 16.1 Å². The number of carbonyl (C=O) groups excluding carboxylic acids is 1. The van der Waals surface area contributed by atoms with E-state index in [1.807, 2.05) is 0 Å². The summed E-state index contributed by atoms with van der Waals surface area (Å²) in [5.74, 6) is -0.0525. The summed E-state index contributed by atoms with van der Waals surface area (Å²) in [7, 11) is 2.85. The van der Waals surface area contributed by atoms with Crippen molar-refractivity contribution in [1.82, 2.24) is 5.43 Å². The molecule has 120 valence electrons. The standard InChI is InChI=1S/C16H15ClN2O4/c1-22-13-7-10(8-14(23-2)15(13)20)9-18-19-16(21)11-5-3-4-6-12(11)17/h3-9,20H,1-2H3,(H,19,21)/b18-9+. The van der Waals surface area contributed by atoms with E-state index in [9.17, 15) is 9.90 Å². The molecule has 0 fully saturated rings. The Hall–Kier alpha value is -2.73. The molecule has 0 radical (unpaired) electrons. The monoisotopic (exact) mass is 334 g/mol. The van der Waals surface area contributed by atoms with Crippen molar-refractivity contribution in [3.8, 4) is 17.2 Å². The first-order valence-corrected chi connectivity index (χ1v) is 6.97. The molecule has 7 heteroatoms. The van der Waals surface area contributed by atoms with Crippen molar-refractivity contribution in [1.29, 1.82) is 0 Å². The van der Waals surface area contributed by atoms with Gasteiger partial charge >= 0.3 is 0 Å². The number of nitrogens with one attached hydrogen (secondary N) is 1.